The van der Waals surface area contributed by atoms with Gasteiger partial charge in [-0.3, -0.25) is 4.79 Å². The number of carbonyl (C=O) groups excluding carboxylic acids is 1. The monoisotopic (exact) mass is 347 g/mol. The number of hydrogen-bond donors (Lipinski definition) is 1. The molecule has 1 amide bonds. The van der Waals surface area contributed by atoms with Gasteiger partial charge in [-0.1, -0.05) is 37.6 Å². The fraction of sp³-hybridized carbons (Fsp3) is 0.167. The number of aryl methyl sites for hydroxylation is 1. The summed E-state index contributed by atoms with van der Waals surface area (Å²) < 4.78 is 39.1. The molecule has 0 saturated heterocycles. The van der Waals surface area contributed by atoms with Crippen LogP contribution in [0.15, 0.2) is 59.5 Å². The normalized spacial score (nSPS) is 11.6. The highest BCUT2D eigenvalue weighted by Gasteiger charge is 2.15. The summed E-state index contributed by atoms with van der Waals surface area (Å²) >= 11 is 0. The maximum atomic E-state index is 12.8. The van der Waals surface area contributed by atoms with Gasteiger partial charge in [-0.25, -0.2) is 17.5 Å². The zero-order valence-electron chi connectivity index (χ0n) is 13.2. The molecule has 0 unspecified atom stereocenters. The van der Waals surface area contributed by atoms with Crippen LogP contribution in [-0.2, 0) is 21.2 Å². The van der Waals surface area contributed by atoms with Crippen molar-refractivity contribution in [3.8, 4) is 0 Å². The molecule has 0 saturated carbocycles. The molecule has 0 bridgehead atoms. The number of sulfonamides is 1. The van der Waals surface area contributed by atoms with E-state index in [9.17, 15) is 17.6 Å². The quantitative estimate of drug-likeness (QED) is 0.816. The van der Waals surface area contributed by atoms with Crippen molar-refractivity contribution in [1.29, 1.82) is 0 Å². The molecule has 2 aromatic rings. The Kier molecular flexibility index (Phi) is 5.87. The van der Waals surface area contributed by atoms with Crippen LogP contribution in [0.4, 0.5) is 4.39 Å². The minimum atomic E-state index is -3.91. The molecule has 0 spiro atoms. The average Bonchev–Trinajstić information content (AvgIpc) is 2.55. The summed E-state index contributed by atoms with van der Waals surface area (Å²) in [5.41, 5.74) is 1.63. The van der Waals surface area contributed by atoms with Crippen LogP contribution in [-0.4, -0.2) is 14.3 Å². The SMILES string of the molecule is CCCc1ccc(S(=O)(=O)NC(=O)/C=C/c2ccc(F)cc2)cc1. The Morgan fingerprint density at radius 3 is 2.29 bits per heavy atom. The summed E-state index contributed by atoms with van der Waals surface area (Å²) in [6, 6.07) is 11.9. The minimum absolute atomic E-state index is 0.0332. The molecular formula is C18H18FNO3S. The predicted octanol–water partition coefficient (Wildman–Crippen LogP) is 3.30. The third kappa shape index (κ3) is 5.03. The molecular weight excluding hydrogens is 329 g/mol. The Bertz CT molecular complexity index is 826. The van der Waals surface area contributed by atoms with E-state index < -0.39 is 15.9 Å². The van der Waals surface area contributed by atoms with Crippen LogP contribution in [0, 0.1) is 5.82 Å². The first-order valence-electron chi connectivity index (χ1n) is 7.50. The van der Waals surface area contributed by atoms with E-state index >= 15 is 0 Å². The first kappa shape index (κ1) is 17.9. The molecule has 24 heavy (non-hydrogen) atoms. The summed E-state index contributed by atoms with van der Waals surface area (Å²) in [7, 11) is -3.91. The molecule has 0 fully saturated rings. The summed E-state index contributed by atoms with van der Waals surface area (Å²) in [5, 5.41) is 0. The van der Waals surface area contributed by atoms with Crippen LogP contribution in [0.3, 0.4) is 0 Å². The van der Waals surface area contributed by atoms with Crippen LogP contribution in [0.1, 0.15) is 24.5 Å². The Labute approximate surface area is 141 Å². The zero-order chi connectivity index (χ0) is 17.6. The lowest BCUT2D eigenvalue weighted by atomic mass is 10.1. The fourth-order valence-corrected chi connectivity index (χ4v) is 3.04. The Hall–Kier alpha value is -2.47. The van der Waals surface area contributed by atoms with E-state index in [0.717, 1.165) is 24.5 Å². The second-order valence-corrected chi connectivity index (χ2v) is 6.93. The largest absolute Gasteiger partial charge is 0.269 e. The molecule has 0 radical (unpaired) electrons. The third-order valence-corrected chi connectivity index (χ3v) is 4.67. The highest BCUT2D eigenvalue weighted by Crippen LogP contribution is 2.12. The van der Waals surface area contributed by atoms with E-state index in [1.165, 1.54) is 42.5 Å². The van der Waals surface area contributed by atoms with E-state index in [-0.39, 0.29) is 10.7 Å². The highest BCUT2D eigenvalue weighted by molar-refractivity contribution is 7.90. The smallest absolute Gasteiger partial charge is 0.264 e. The number of halogens is 1. The predicted molar refractivity (Wildman–Crippen MR) is 91.2 cm³/mol. The van der Waals surface area contributed by atoms with Gasteiger partial charge < -0.3 is 0 Å². The maximum Gasteiger partial charge on any atom is 0.264 e. The van der Waals surface area contributed by atoms with Gasteiger partial charge >= 0.3 is 0 Å². The van der Waals surface area contributed by atoms with E-state index in [1.807, 2.05) is 11.6 Å². The van der Waals surface area contributed by atoms with E-state index in [1.54, 1.807) is 12.1 Å². The van der Waals surface area contributed by atoms with Gasteiger partial charge in [0.05, 0.1) is 4.90 Å². The Balaban J connectivity index is 2.04. The summed E-state index contributed by atoms with van der Waals surface area (Å²) in [6.45, 7) is 2.04. The van der Waals surface area contributed by atoms with Gasteiger partial charge in [0.15, 0.2) is 0 Å². The van der Waals surface area contributed by atoms with Gasteiger partial charge in [-0.05, 0) is 47.9 Å². The molecule has 0 aliphatic heterocycles. The van der Waals surface area contributed by atoms with Gasteiger partial charge in [0.2, 0.25) is 0 Å². The van der Waals surface area contributed by atoms with Gasteiger partial charge in [0.25, 0.3) is 15.9 Å². The summed E-state index contributed by atoms with van der Waals surface area (Å²) in [4.78, 5) is 11.8. The van der Waals surface area contributed by atoms with Crippen molar-refractivity contribution in [1.82, 2.24) is 4.72 Å². The van der Waals surface area contributed by atoms with Crippen LogP contribution >= 0.6 is 0 Å². The van der Waals surface area contributed by atoms with Crippen molar-refractivity contribution in [2.75, 3.05) is 0 Å². The number of benzene rings is 2. The second-order valence-electron chi connectivity index (χ2n) is 5.25. The number of carbonyl (C=O) groups is 1. The molecule has 2 rings (SSSR count). The molecule has 0 aliphatic carbocycles. The molecule has 0 heterocycles. The molecule has 0 atom stereocenters. The van der Waals surface area contributed by atoms with Crippen molar-refractivity contribution < 1.29 is 17.6 Å². The van der Waals surface area contributed by atoms with Crippen molar-refractivity contribution in [3.05, 3.63) is 71.6 Å². The molecule has 1 N–H and O–H groups in total. The zero-order valence-corrected chi connectivity index (χ0v) is 14.0. The van der Waals surface area contributed by atoms with E-state index in [2.05, 4.69) is 0 Å². The molecule has 126 valence electrons. The first-order chi connectivity index (χ1) is 11.4. The standard InChI is InChI=1S/C18H18FNO3S/c1-2-3-14-6-11-17(12-7-14)24(22,23)20-18(21)13-8-15-4-9-16(19)10-5-15/h4-13H,2-3H2,1H3,(H,20,21)/b13-8+. The van der Waals surface area contributed by atoms with Crippen LogP contribution in [0.2, 0.25) is 0 Å². The van der Waals surface area contributed by atoms with Crippen molar-refractivity contribution in [2.45, 2.75) is 24.7 Å². The molecule has 4 nitrogen and oxygen atoms in total. The van der Waals surface area contributed by atoms with E-state index in [4.69, 9.17) is 0 Å². The van der Waals surface area contributed by atoms with Crippen LogP contribution < -0.4 is 4.72 Å². The Morgan fingerprint density at radius 1 is 1.08 bits per heavy atom. The molecule has 0 aromatic heterocycles. The summed E-state index contributed by atoms with van der Waals surface area (Å²) in [6.07, 6.45) is 4.34. The number of amides is 1. The summed E-state index contributed by atoms with van der Waals surface area (Å²) in [5.74, 6) is -1.15. The van der Waals surface area contributed by atoms with Gasteiger partial charge in [-0.2, -0.15) is 0 Å². The fourth-order valence-electron chi connectivity index (χ4n) is 2.10. The first-order valence-corrected chi connectivity index (χ1v) is 8.98. The number of hydrogen-bond acceptors (Lipinski definition) is 3. The minimum Gasteiger partial charge on any atom is -0.269 e. The van der Waals surface area contributed by atoms with Crippen LogP contribution in [0.5, 0.6) is 0 Å². The lowest BCUT2D eigenvalue weighted by Gasteiger charge is -2.06. The van der Waals surface area contributed by atoms with Gasteiger partial charge in [-0.15, -0.1) is 0 Å². The lowest BCUT2D eigenvalue weighted by molar-refractivity contribution is -0.114. The van der Waals surface area contributed by atoms with Crippen molar-refractivity contribution in [2.24, 2.45) is 0 Å². The van der Waals surface area contributed by atoms with Crippen LogP contribution in [0.25, 0.3) is 6.08 Å². The van der Waals surface area contributed by atoms with Gasteiger partial charge in [0, 0.05) is 6.08 Å². The lowest BCUT2D eigenvalue weighted by Crippen LogP contribution is -2.28. The number of rotatable bonds is 6. The van der Waals surface area contributed by atoms with Crippen molar-refractivity contribution in [3.63, 3.8) is 0 Å². The third-order valence-electron chi connectivity index (χ3n) is 3.30. The van der Waals surface area contributed by atoms with Crippen molar-refractivity contribution >= 4 is 22.0 Å². The second kappa shape index (κ2) is 7.88. The van der Waals surface area contributed by atoms with Gasteiger partial charge in [0.1, 0.15) is 5.82 Å². The number of nitrogens with one attached hydrogen (secondary N) is 1. The molecule has 0 aliphatic rings. The van der Waals surface area contributed by atoms with E-state index in [0.29, 0.717) is 5.56 Å². The Morgan fingerprint density at radius 2 is 1.71 bits per heavy atom. The highest BCUT2D eigenvalue weighted by atomic mass is 32.2. The molecule has 2 aromatic carbocycles. The maximum absolute atomic E-state index is 12.8. The molecule has 6 heteroatoms. The average molecular weight is 347 g/mol. The topological polar surface area (TPSA) is 63.2 Å².